The number of primary amides is 1. The highest BCUT2D eigenvalue weighted by Gasteiger charge is 2.40. The van der Waals surface area contributed by atoms with Gasteiger partial charge in [-0.05, 0) is 48.0 Å². The lowest BCUT2D eigenvalue weighted by molar-refractivity contribution is -0.145. The molecule has 0 radical (unpaired) electrons. The van der Waals surface area contributed by atoms with E-state index >= 15 is 0 Å². The number of hydrogen-bond donors (Lipinski definition) is 4. The molecule has 276 valence electrons. The highest BCUT2D eigenvalue weighted by molar-refractivity contribution is 7.90. The van der Waals surface area contributed by atoms with Gasteiger partial charge in [-0.3, -0.25) is 19.2 Å². The van der Waals surface area contributed by atoms with Crippen molar-refractivity contribution in [3.05, 3.63) is 35.9 Å². The second-order valence-electron chi connectivity index (χ2n) is 15.4. The van der Waals surface area contributed by atoms with E-state index in [1.165, 1.54) is 4.90 Å². The van der Waals surface area contributed by atoms with Gasteiger partial charge >= 0.3 is 6.03 Å². The fraction of sp³-hybridized carbons (Fsp3) is 0.694. The molecule has 12 nitrogen and oxygen atoms in total. The van der Waals surface area contributed by atoms with Crippen LogP contribution in [0, 0.1) is 23.2 Å². The molecule has 1 aliphatic carbocycles. The molecule has 0 heterocycles. The third kappa shape index (κ3) is 13.7. The van der Waals surface area contributed by atoms with E-state index in [-0.39, 0.29) is 36.3 Å². The first-order valence-electron chi connectivity index (χ1n) is 17.5. The second-order valence-corrected chi connectivity index (χ2v) is 17.5. The first-order chi connectivity index (χ1) is 22.7. The number of rotatable bonds is 19. The summed E-state index contributed by atoms with van der Waals surface area (Å²) in [4.78, 5) is 67.8. The fourth-order valence-electron chi connectivity index (χ4n) is 5.92. The third-order valence-corrected chi connectivity index (χ3v) is 10.5. The monoisotopic (exact) mass is 705 g/mol. The number of urea groups is 1. The van der Waals surface area contributed by atoms with E-state index in [0.717, 1.165) is 19.3 Å². The molecule has 2 rings (SSSR count). The summed E-state index contributed by atoms with van der Waals surface area (Å²) in [5.41, 5.74) is 5.57. The number of ketones is 1. The van der Waals surface area contributed by atoms with Crippen molar-refractivity contribution >= 4 is 39.4 Å². The van der Waals surface area contributed by atoms with Gasteiger partial charge in [0.05, 0.1) is 17.5 Å². The Morgan fingerprint density at radius 3 is 2.02 bits per heavy atom. The maximum Gasteiger partial charge on any atom is 0.315 e. The number of nitrogens with one attached hydrogen (secondary N) is 3. The molecular weight excluding hydrogens is 646 g/mol. The third-order valence-electron chi connectivity index (χ3n) is 8.91. The van der Waals surface area contributed by atoms with Crippen LogP contribution in [0.1, 0.15) is 99.5 Å². The van der Waals surface area contributed by atoms with Gasteiger partial charge in [0.1, 0.15) is 12.1 Å². The van der Waals surface area contributed by atoms with Crippen LogP contribution in [0.15, 0.2) is 30.3 Å². The lowest BCUT2D eigenvalue weighted by Gasteiger charge is -2.38. The van der Waals surface area contributed by atoms with E-state index in [4.69, 9.17) is 5.73 Å². The van der Waals surface area contributed by atoms with Crippen molar-refractivity contribution < 1.29 is 32.4 Å². The topological polar surface area (TPSA) is 185 Å². The number of nitrogens with two attached hydrogens (primary N) is 1. The lowest BCUT2D eigenvalue weighted by atomic mass is 9.80. The first kappa shape index (κ1) is 41.7. The number of sulfone groups is 1. The summed E-state index contributed by atoms with van der Waals surface area (Å²) in [6.45, 7) is 15.1. The Bertz CT molecular complexity index is 1390. The summed E-state index contributed by atoms with van der Waals surface area (Å²) < 4.78 is 26.1. The minimum Gasteiger partial charge on any atom is -0.363 e. The quantitative estimate of drug-likeness (QED) is 0.158. The minimum absolute atomic E-state index is 0.163. The Balaban J connectivity index is 2.31. The first-order valence-corrected chi connectivity index (χ1v) is 19.3. The van der Waals surface area contributed by atoms with E-state index < -0.39 is 74.9 Å². The highest BCUT2D eigenvalue weighted by Crippen LogP contribution is 2.31. The molecule has 1 saturated carbocycles. The van der Waals surface area contributed by atoms with Gasteiger partial charge in [0.25, 0.3) is 5.91 Å². The molecule has 0 aromatic heterocycles. The van der Waals surface area contributed by atoms with Gasteiger partial charge < -0.3 is 26.6 Å². The zero-order valence-corrected chi connectivity index (χ0v) is 31.4. The van der Waals surface area contributed by atoms with Crippen LogP contribution in [0.2, 0.25) is 0 Å². The van der Waals surface area contributed by atoms with Crippen LogP contribution in [0.4, 0.5) is 4.79 Å². The SMILES string of the molecule is CCCN(C(=O)[C@@H](NC(=O)N[C@H](CS(=O)(=O)Cc1ccccc1)C(C)C)C(C)C)[C@@H](CC(C)(C)C)C(=O)NC(CC1CCC1)C(=O)C(N)=O. The summed E-state index contributed by atoms with van der Waals surface area (Å²) in [5, 5.41) is 8.30. The molecule has 5 N–H and O–H groups in total. The van der Waals surface area contributed by atoms with Gasteiger partial charge in [0.2, 0.25) is 17.6 Å². The van der Waals surface area contributed by atoms with Crippen molar-refractivity contribution in [3.63, 3.8) is 0 Å². The molecule has 0 aliphatic heterocycles. The Hall–Kier alpha value is -3.48. The van der Waals surface area contributed by atoms with Gasteiger partial charge in [-0.2, -0.15) is 0 Å². The van der Waals surface area contributed by atoms with Crippen LogP contribution in [0.5, 0.6) is 0 Å². The van der Waals surface area contributed by atoms with E-state index in [2.05, 4.69) is 16.0 Å². The van der Waals surface area contributed by atoms with Gasteiger partial charge in [0.15, 0.2) is 9.84 Å². The number of carbonyl (C=O) groups is 5. The molecule has 1 fully saturated rings. The average molecular weight is 706 g/mol. The molecule has 1 aliphatic rings. The Morgan fingerprint density at radius 2 is 1.55 bits per heavy atom. The van der Waals surface area contributed by atoms with E-state index in [9.17, 15) is 32.4 Å². The zero-order valence-electron chi connectivity index (χ0n) is 30.6. The maximum absolute atomic E-state index is 14.3. The van der Waals surface area contributed by atoms with Crippen LogP contribution in [0.25, 0.3) is 0 Å². The predicted molar refractivity (Wildman–Crippen MR) is 191 cm³/mol. The molecule has 5 amide bonds. The molecule has 0 saturated heterocycles. The predicted octanol–water partition coefficient (Wildman–Crippen LogP) is 3.72. The minimum atomic E-state index is -3.59. The molecular formula is C36H59N5O7S. The average Bonchev–Trinajstić information content (AvgIpc) is 2.97. The molecule has 13 heteroatoms. The van der Waals surface area contributed by atoms with Crippen molar-refractivity contribution in [2.24, 2.45) is 28.9 Å². The number of benzene rings is 1. The standard InChI is InChI=1S/C36H59N5O7S/c1-9-18-41(29(20-36(6,7)8)33(44)38-27(31(42)32(37)43)19-25-16-13-17-25)34(45)30(24(4)5)40-35(46)39-28(23(2)3)22-49(47,48)21-26-14-11-10-12-15-26/h10-12,14-15,23-25,27-30H,9,13,16-22H2,1-8H3,(H2,37,43)(H,38,44)(H2,39,40,46)/t27?,28-,29+,30+/m1/s1. The summed E-state index contributed by atoms with van der Waals surface area (Å²) >= 11 is 0. The molecule has 49 heavy (non-hydrogen) atoms. The van der Waals surface area contributed by atoms with Crippen LogP contribution in [0.3, 0.4) is 0 Å². The summed E-state index contributed by atoms with van der Waals surface area (Å²) in [5.74, 6) is -3.91. The highest BCUT2D eigenvalue weighted by atomic mass is 32.2. The van der Waals surface area contributed by atoms with Gasteiger partial charge in [0, 0.05) is 12.6 Å². The van der Waals surface area contributed by atoms with Crippen molar-refractivity contribution in [3.8, 4) is 0 Å². The van der Waals surface area contributed by atoms with Gasteiger partial charge in [-0.25, -0.2) is 13.2 Å². The molecule has 0 spiro atoms. The Labute approximate surface area is 293 Å². The molecule has 4 atom stereocenters. The molecule has 0 bridgehead atoms. The molecule has 1 unspecified atom stereocenters. The van der Waals surface area contributed by atoms with E-state index in [1.807, 2.05) is 47.6 Å². The fourth-order valence-corrected chi connectivity index (χ4v) is 7.76. The van der Waals surface area contributed by atoms with Crippen molar-refractivity contribution in [2.45, 2.75) is 124 Å². The molecule has 1 aromatic rings. The second kappa shape index (κ2) is 18.5. The number of carbonyl (C=O) groups excluding carboxylic acids is 5. The van der Waals surface area contributed by atoms with Gasteiger partial charge in [-0.15, -0.1) is 0 Å². The van der Waals surface area contributed by atoms with E-state index in [1.54, 1.807) is 38.1 Å². The van der Waals surface area contributed by atoms with Gasteiger partial charge in [-0.1, -0.05) is 105 Å². The Morgan fingerprint density at radius 1 is 0.939 bits per heavy atom. The number of Topliss-reactive ketones (excluding diaryl/α,β-unsaturated/α-hetero) is 1. The summed E-state index contributed by atoms with van der Waals surface area (Å²) in [6, 6.07) is 4.26. The normalized spacial score (nSPS) is 16.2. The molecule has 1 aromatic carbocycles. The maximum atomic E-state index is 14.3. The number of hydrogen-bond acceptors (Lipinski definition) is 7. The zero-order chi connectivity index (χ0) is 37.1. The largest absolute Gasteiger partial charge is 0.363 e. The van der Waals surface area contributed by atoms with Crippen LogP contribution >= 0.6 is 0 Å². The van der Waals surface area contributed by atoms with Crippen molar-refractivity contribution in [1.29, 1.82) is 0 Å². The van der Waals surface area contributed by atoms with Crippen molar-refractivity contribution in [1.82, 2.24) is 20.9 Å². The summed E-state index contributed by atoms with van der Waals surface area (Å²) in [6.07, 6.45) is 3.86. The van der Waals surface area contributed by atoms with Crippen LogP contribution in [-0.2, 0) is 34.8 Å². The van der Waals surface area contributed by atoms with E-state index in [0.29, 0.717) is 18.4 Å². The van der Waals surface area contributed by atoms with Crippen LogP contribution < -0.4 is 21.7 Å². The smallest absolute Gasteiger partial charge is 0.315 e. The summed E-state index contributed by atoms with van der Waals surface area (Å²) in [7, 11) is -3.59. The number of nitrogens with zero attached hydrogens (tertiary/aromatic N) is 1. The van der Waals surface area contributed by atoms with Crippen LogP contribution in [-0.4, -0.2) is 79.3 Å². The lowest BCUT2D eigenvalue weighted by Crippen LogP contribution is -2.61. The Kier molecular flexibility index (Phi) is 15.7. The number of amides is 5. The van der Waals surface area contributed by atoms with Crippen molar-refractivity contribution in [2.75, 3.05) is 12.3 Å².